The Morgan fingerprint density at radius 1 is 1.45 bits per heavy atom. The van der Waals surface area contributed by atoms with E-state index >= 15 is 0 Å². The van der Waals surface area contributed by atoms with Crippen LogP contribution in [0.1, 0.15) is 0 Å². The molecule has 0 saturated carbocycles. The van der Waals surface area contributed by atoms with Crippen molar-refractivity contribution >= 4 is 23.2 Å². The van der Waals surface area contributed by atoms with E-state index in [1.807, 2.05) is 0 Å². The molecule has 9 heteroatoms. The van der Waals surface area contributed by atoms with Crippen molar-refractivity contribution in [3.8, 4) is 0 Å². The molecule has 7 nitrogen and oxygen atoms in total. The van der Waals surface area contributed by atoms with Crippen LogP contribution < -0.4 is 5.73 Å². The highest BCUT2D eigenvalue weighted by molar-refractivity contribution is 7.54. The predicted molar refractivity (Wildman–Crippen MR) is 36.7 cm³/mol. The Labute approximate surface area is 64.7 Å². The molecule has 0 aliphatic rings. The quantitative estimate of drug-likeness (QED) is 0.429. The van der Waals surface area contributed by atoms with Crippen LogP contribution in [-0.2, 0) is 13.6 Å². The van der Waals surface area contributed by atoms with E-state index in [4.69, 9.17) is 20.4 Å². The van der Waals surface area contributed by atoms with Gasteiger partial charge >= 0.3 is 23.2 Å². The van der Waals surface area contributed by atoms with E-state index in [2.05, 4.69) is 8.83 Å². The maximum absolute atomic E-state index is 10.3. The van der Waals surface area contributed by atoms with Crippen molar-refractivity contribution < 1.29 is 28.3 Å². The molecule has 11 heavy (non-hydrogen) atoms. The van der Waals surface area contributed by atoms with Crippen LogP contribution in [0.15, 0.2) is 0 Å². The maximum atomic E-state index is 10.3. The first-order chi connectivity index (χ1) is 5.06. The summed E-state index contributed by atoms with van der Waals surface area (Å²) in [6.07, 6.45) is 0. The molecule has 0 heterocycles. The average molecular weight is 203 g/mol. The molecule has 5 N–H and O–H groups in total. The van der Waals surface area contributed by atoms with Crippen molar-refractivity contribution in [2.24, 2.45) is 5.73 Å². The Hall–Kier alpha value is 0.130. The molecule has 1 atom stereocenters. The summed E-state index contributed by atoms with van der Waals surface area (Å²) in [6.45, 7) is -0.405. The Morgan fingerprint density at radius 2 is 2.00 bits per heavy atom. The highest BCUT2D eigenvalue weighted by atomic mass is 31.2. The summed E-state index contributed by atoms with van der Waals surface area (Å²) in [5.41, 5.74) is 4.80. The zero-order chi connectivity index (χ0) is 8.85. The molecule has 1 unspecified atom stereocenters. The minimum absolute atomic E-state index is 0.405. The highest BCUT2D eigenvalue weighted by Gasteiger charge is 2.16. The summed E-state index contributed by atoms with van der Waals surface area (Å²) in [6, 6.07) is 0. The normalized spacial score (nSPS) is 13.2. The second-order valence-electron chi connectivity index (χ2n) is 1.24. The van der Waals surface area contributed by atoms with Crippen molar-refractivity contribution in [3.05, 3.63) is 0 Å². The molecule has 0 aromatic carbocycles. The largest absolute Gasteiger partial charge is 0.403 e. The summed E-state index contributed by atoms with van der Waals surface area (Å²) >= 11 is 0. The first-order valence-electron chi connectivity index (χ1n) is 2.32. The van der Waals surface area contributed by atoms with Gasteiger partial charge in [0.25, 0.3) is 0 Å². The van der Waals surface area contributed by atoms with Crippen LogP contribution in [0.3, 0.4) is 0 Å². The van der Waals surface area contributed by atoms with Gasteiger partial charge in [0.15, 0.2) is 0 Å². The van der Waals surface area contributed by atoms with Crippen LogP contribution in [0.4, 0.5) is 0 Å². The first-order valence-corrected chi connectivity index (χ1v) is 4.61. The fourth-order valence-electron chi connectivity index (χ4n) is 0.204. The minimum Gasteiger partial charge on any atom is -0.393 e. The molecule has 0 aliphatic heterocycles. The lowest BCUT2D eigenvalue weighted by atomic mass is 10.7. The fraction of sp³-hybridized carbons (Fsp3) is 0.500. The van der Waals surface area contributed by atoms with Gasteiger partial charge in [-0.2, -0.15) is 0 Å². The Bertz CT molecular complexity index is 130. The molecular formula is C2H7NO6P2. The third kappa shape index (κ3) is 6.52. The van der Waals surface area contributed by atoms with Gasteiger partial charge in [-0.15, -0.1) is 0 Å². The molecule has 0 fully saturated rings. The molecule has 0 spiro atoms. The van der Waals surface area contributed by atoms with Crippen molar-refractivity contribution in [2.45, 2.75) is 0 Å². The monoisotopic (exact) mass is 203 g/mol. The zero-order valence-corrected chi connectivity index (χ0v) is 7.03. The minimum atomic E-state index is -2.71. The Morgan fingerprint density at radius 3 is 2.36 bits per heavy atom. The zero-order valence-electron chi connectivity index (χ0n) is 5.25. The number of hydrogen-bond donors (Lipinski definition) is 4. The van der Waals surface area contributed by atoms with Crippen LogP contribution >= 0.6 is 17.2 Å². The van der Waals surface area contributed by atoms with Gasteiger partial charge in [0.1, 0.15) is 0 Å². The maximum Gasteiger partial charge on any atom is 0.403 e. The van der Waals surface area contributed by atoms with Crippen molar-refractivity contribution in [2.75, 3.05) is 6.54 Å². The second kappa shape index (κ2) is 5.74. The summed E-state index contributed by atoms with van der Waals surface area (Å²) in [5.74, 6) is -0.879. The lowest BCUT2D eigenvalue weighted by molar-refractivity contribution is -0.133. The third-order valence-electron chi connectivity index (χ3n) is 0.489. The van der Waals surface area contributed by atoms with E-state index in [-0.39, 0.29) is 0 Å². The lowest BCUT2D eigenvalue weighted by Gasteiger charge is -2.08. The molecule has 0 aromatic rings. The Kier molecular flexibility index (Phi) is 5.81. The van der Waals surface area contributed by atoms with Gasteiger partial charge in [-0.25, -0.2) is 4.31 Å². The van der Waals surface area contributed by atoms with E-state index in [1.165, 1.54) is 0 Å². The van der Waals surface area contributed by atoms with Crippen LogP contribution in [0.25, 0.3) is 0 Å². The molecular weight excluding hydrogens is 196 g/mol. The number of carbonyl (C=O) groups is 1. The van der Waals surface area contributed by atoms with Gasteiger partial charge in [0.05, 0.1) is 6.54 Å². The summed E-state index contributed by atoms with van der Waals surface area (Å²) < 4.78 is 7.96. The molecule has 0 rings (SSSR count). The Balaban J connectivity index is 3.51. The summed E-state index contributed by atoms with van der Waals surface area (Å²) in [4.78, 5) is 35.1. The van der Waals surface area contributed by atoms with E-state index in [1.54, 1.807) is 0 Å². The van der Waals surface area contributed by atoms with E-state index < -0.39 is 29.7 Å². The van der Waals surface area contributed by atoms with Gasteiger partial charge in [0, 0.05) is 0 Å². The van der Waals surface area contributed by atoms with Crippen molar-refractivity contribution in [1.82, 2.24) is 0 Å². The number of rotatable bonds is 4. The number of carbonyl (C=O) groups excluding carboxylic acids is 1. The SMILES string of the molecule is NCC(=O)OP(O)OP(O)O. The van der Waals surface area contributed by atoms with E-state index in [0.717, 1.165) is 0 Å². The standard InChI is InChI=1S/C2H7NO6P2/c3-1-2(4)8-11(7)9-10(5)6/h5-7H,1,3H2. The molecule has 66 valence electrons. The predicted octanol–water partition coefficient (Wildman–Crippen LogP) is -1.06. The third-order valence-corrected chi connectivity index (χ3v) is 1.99. The molecule has 0 radical (unpaired) electrons. The fourth-order valence-corrected chi connectivity index (χ4v) is 1.09. The van der Waals surface area contributed by atoms with Crippen LogP contribution in [0.2, 0.25) is 0 Å². The highest BCUT2D eigenvalue weighted by Crippen LogP contribution is 2.46. The molecule has 0 saturated heterocycles. The van der Waals surface area contributed by atoms with Gasteiger partial charge < -0.3 is 24.9 Å². The van der Waals surface area contributed by atoms with Crippen molar-refractivity contribution in [1.29, 1.82) is 0 Å². The van der Waals surface area contributed by atoms with E-state index in [0.29, 0.717) is 0 Å². The molecule has 0 bridgehead atoms. The number of hydrogen-bond acceptors (Lipinski definition) is 7. The van der Waals surface area contributed by atoms with Crippen LogP contribution in [-0.4, -0.2) is 27.2 Å². The average Bonchev–Trinajstić information content (AvgIpc) is 1.85. The summed E-state index contributed by atoms with van der Waals surface area (Å²) in [7, 11) is -5.28. The first kappa shape index (κ1) is 11.1. The van der Waals surface area contributed by atoms with Crippen LogP contribution in [0.5, 0.6) is 0 Å². The number of nitrogens with two attached hydrogens (primary N) is 1. The van der Waals surface area contributed by atoms with Gasteiger partial charge in [-0.1, -0.05) is 0 Å². The van der Waals surface area contributed by atoms with Crippen molar-refractivity contribution in [3.63, 3.8) is 0 Å². The van der Waals surface area contributed by atoms with Crippen LogP contribution in [0, 0.1) is 0 Å². The van der Waals surface area contributed by atoms with Gasteiger partial charge in [-0.3, -0.25) is 4.79 Å². The molecule has 0 aromatic heterocycles. The molecule has 0 aliphatic carbocycles. The smallest absolute Gasteiger partial charge is 0.393 e. The molecule has 0 amide bonds. The van der Waals surface area contributed by atoms with Gasteiger partial charge in [0.2, 0.25) is 0 Å². The van der Waals surface area contributed by atoms with E-state index in [9.17, 15) is 4.79 Å². The second-order valence-corrected chi connectivity index (χ2v) is 3.06. The summed E-state index contributed by atoms with van der Waals surface area (Å²) in [5, 5.41) is 0. The van der Waals surface area contributed by atoms with Gasteiger partial charge in [-0.05, 0) is 0 Å². The topological polar surface area (TPSA) is 122 Å². The lowest BCUT2D eigenvalue weighted by Crippen LogP contribution is -2.14.